The number of benzene rings is 2. The van der Waals surface area contributed by atoms with Crippen molar-refractivity contribution in [3.05, 3.63) is 93.2 Å². The lowest BCUT2D eigenvalue weighted by molar-refractivity contribution is -0.402. The summed E-state index contributed by atoms with van der Waals surface area (Å²) in [5, 5.41) is 17.3. The van der Waals surface area contributed by atoms with Crippen molar-refractivity contribution >= 4 is 23.6 Å². The van der Waals surface area contributed by atoms with E-state index >= 15 is 0 Å². The van der Waals surface area contributed by atoms with Gasteiger partial charge in [0, 0.05) is 5.92 Å². The smallest absolute Gasteiger partial charge is 0.433 e. The van der Waals surface area contributed by atoms with Crippen LogP contribution in [0.5, 0.6) is 11.5 Å². The van der Waals surface area contributed by atoms with Crippen LogP contribution in [0.2, 0.25) is 0 Å². The summed E-state index contributed by atoms with van der Waals surface area (Å²) in [5.41, 5.74) is 3.84. The highest BCUT2D eigenvalue weighted by Crippen LogP contribution is 2.45. The van der Waals surface area contributed by atoms with Crippen LogP contribution in [-0.4, -0.2) is 35.8 Å². The minimum atomic E-state index is -0.664. The number of methoxy groups -OCH3 is 2. The Balaban J connectivity index is 1.55. The number of rotatable bonds is 6. The Morgan fingerprint density at radius 2 is 1.72 bits per heavy atom. The van der Waals surface area contributed by atoms with E-state index in [0.717, 1.165) is 47.4 Å². The summed E-state index contributed by atoms with van der Waals surface area (Å²) in [6.45, 7) is 0. The van der Waals surface area contributed by atoms with Gasteiger partial charge in [0.15, 0.2) is 0 Å². The van der Waals surface area contributed by atoms with Gasteiger partial charge in [-0.15, -0.1) is 0 Å². The van der Waals surface area contributed by atoms with Gasteiger partial charge in [-0.3, -0.25) is 14.9 Å². The zero-order chi connectivity index (χ0) is 25.2. The number of nitrogens with zero attached hydrogens (tertiary/aromatic N) is 3. The number of amides is 1. The third kappa shape index (κ3) is 4.35. The molecule has 9 nitrogen and oxygen atoms in total. The van der Waals surface area contributed by atoms with E-state index in [0.29, 0.717) is 5.75 Å². The number of carbonyl (C=O) groups excluding carboxylic acids is 1. The number of furan rings is 1. The molecule has 0 saturated heterocycles. The van der Waals surface area contributed by atoms with Crippen molar-refractivity contribution in [2.75, 3.05) is 14.2 Å². The largest absolute Gasteiger partial charge is 0.497 e. The van der Waals surface area contributed by atoms with E-state index in [4.69, 9.17) is 19.0 Å². The van der Waals surface area contributed by atoms with E-state index in [1.54, 1.807) is 14.2 Å². The lowest BCUT2D eigenvalue weighted by atomic mass is 9.77. The summed E-state index contributed by atoms with van der Waals surface area (Å²) >= 11 is 0. The highest BCUT2D eigenvalue weighted by molar-refractivity contribution is 6.09. The van der Waals surface area contributed by atoms with Gasteiger partial charge in [-0.05, 0) is 72.4 Å². The maximum atomic E-state index is 13.5. The maximum Gasteiger partial charge on any atom is 0.433 e. The molecule has 2 aliphatic rings. The summed E-state index contributed by atoms with van der Waals surface area (Å²) in [7, 11) is 3.23. The van der Waals surface area contributed by atoms with Crippen LogP contribution >= 0.6 is 0 Å². The van der Waals surface area contributed by atoms with E-state index in [1.807, 2.05) is 48.5 Å². The van der Waals surface area contributed by atoms with Crippen LogP contribution < -0.4 is 9.47 Å². The average Bonchev–Trinajstić information content (AvgIpc) is 3.55. The number of allylic oxidation sites excluding steroid dienone is 1. The average molecular weight is 488 g/mol. The first-order chi connectivity index (χ1) is 17.5. The second kappa shape index (κ2) is 9.69. The molecule has 1 fully saturated rings. The number of hydrogen-bond acceptors (Lipinski definition) is 7. The van der Waals surface area contributed by atoms with Gasteiger partial charge in [-0.25, -0.2) is 5.01 Å². The molecule has 36 heavy (non-hydrogen) atoms. The lowest BCUT2D eigenvalue weighted by Gasteiger charge is -2.29. The van der Waals surface area contributed by atoms with Crippen molar-refractivity contribution < 1.29 is 23.6 Å². The van der Waals surface area contributed by atoms with Gasteiger partial charge in [-0.2, -0.15) is 5.10 Å². The molecule has 2 heterocycles. The zero-order valence-electron chi connectivity index (χ0n) is 19.9. The molecule has 1 aliphatic heterocycles. The summed E-state index contributed by atoms with van der Waals surface area (Å²) in [6.07, 6.45) is 4.75. The topological polar surface area (TPSA) is 107 Å². The highest BCUT2D eigenvalue weighted by Gasteiger charge is 2.44. The number of fused-ring (bicyclic) bond motifs is 1. The third-order valence-corrected chi connectivity index (χ3v) is 6.61. The molecule has 2 atom stereocenters. The molecule has 0 bridgehead atoms. The monoisotopic (exact) mass is 487 g/mol. The summed E-state index contributed by atoms with van der Waals surface area (Å²) in [5.74, 6) is 0.342. The van der Waals surface area contributed by atoms with Gasteiger partial charge in [0.2, 0.25) is 5.76 Å². The van der Waals surface area contributed by atoms with Gasteiger partial charge < -0.3 is 13.9 Å². The fourth-order valence-corrected chi connectivity index (χ4v) is 4.86. The predicted molar refractivity (Wildman–Crippen MR) is 133 cm³/mol. The van der Waals surface area contributed by atoms with E-state index in [-0.39, 0.29) is 17.7 Å². The normalized spacial score (nSPS) is 20.1. The second-order valence-corrected chi connectivity index (χ2v) is 8.69. The molecule has 2 aromatic carbocycles. The first-order valence-electron chi connectivity index (χ1n) is 11.6. The molecule has 1 aliphatic carbocycles. The van der Waals surface area contributed by atoms with Gasteiger partial charge in [0.05, 0.1) is 32.0 Å². The number of hydrogen-bond donors (Lipinski definition) is 0. The second-order valence-electron chi connectivity index (χ2n) is 8.69. The van der Waals surface area contributed by atoms with Crippen molar-refractivity contribution in [3.63, 3.8) is 0 Å². The van der Waals surface area contributed by atoms with Crippen LogP contribution in [0.4, 0.5) is 5.88 Å². The van der Waals surface area contributed by atoms with Crippen molar-refractivity contribution in [1.82, 2.24) is 5.01 Å². The van der Waals surface area contributed by atoms with Crippen LogP contribution in [0.15, 0.2) is 75.8 Å². The van der Waals surface area contributed by atoms with E-state index < -0.39 is 16.7 Å². The molecule has 1 saturated carbocycles. The minimum Gasteiger partial charge on any atom is -0.497 e. The van der Waals surface area contributed by atoms with Gasteiger partial charge >= 0.3 is 11.8 Å². The Kier molecular flexibility index (Phi) is 6.28. The lowest BCUT2D eigenvalue weighted by Crippen LogP contribution is -2.31. The molecule has 184 valence electrons. The molecule has 9 heteroatoms. The summed E-state index contributed by atoms with van der Waals surface area (Å²) in [6, 6.07) is 17.5. The van der Waals surface area contributed by atoms with Crippen molar-refractivity contribution in [2.24, 2.45) is 11.0 Å². The molecule has 0 N–H and O–H groups in total. The summed E-state index contributed by atoms with van der Waals surface area (Å²) in [4.78, 5) is 23.9. The first kappa shape index (κ1) is 23.3. The number of nitro groups is 1. The molecule has 5 rings (SSSR count). The van der Waals surface area contributed by atoms with Crippen molar-refractivity contribution in [1.29, 1.82) is 0 Å². The Labute approximate surface area is 207 Å². The fraction of sp³-hybridized carbons (Fsp3) is 0.259. The Hall–Kier alpha value is -4.40. The van der Waals surface area contributed by atoms with Crippen LogP contribution in [0.3, 0.4) is 0 Å². The van der Waals surface area contributed by atoms with E-state index in [1.165, 1.54) is 17.1 Å². The highest BCUT2D eigenvalue weighted by atomic mass is 16.6. The molecule has 0 unspecified atom stereocenters. The fourth-order valence-electron chi connectivity index (χ4n) is 4.86. The Morgan fingerprint density at radius 3 is 2.33 bits per heavy atom. The zero-order valence-corrected chi connectivity index (χ0v) is 19.9. The molecule has 0 radical (unpaired) electrons. The van der Waals surface area contributed by atoms with Gasteiger partial charge in [0.25, 0.3) is 0 Å². The van der Waals surface area contributed by atoms with E-state index in [9.17, 15) is 14.9 Å². The SMILES string of the molecule is COc1ccc(/C=C2\CCC[C@@H]3C2=NN(C(=O)c2ccc([N+](=O)[O-])o2)[C@@H]3c2ccc(OC)cc2)cc1. The van der Waals surface area contributed by atoms with Crippen LogP contribution in [0.25, 0.3) is 6.08 Å². The Bertz CT molecular complexity index is 1340. The van der Waals surface area contributed by atoms with Gasteiger partial charge in [0.1, 0.15) is 16.4 Å². The molecule has 1 aromatic heterocycles. The van der Waals surface area contributed by atoms with Crippen LogP contribution in [-0.2, 0) is 0 Å². The number of ether oxygens (including phenoxy) is 2. The van der Waals surface area contributed by atoms with Crippen molar-refractivity contribution in [3.8, 4) is 11.5 Å². The molecular formula is C27H25N3O6. The molecule has 3 aromatic rings. The van der Waals surface area contributed by atoms with Crippen molar-refractivity contribution in [2.45, 2.75) is 25.3 Å². The molecule has 1 amide bonds. The maximum absolute atomic E-state index is 13.5. The minimum absolute atomic E-state index is 0.0226. The summed E-state index contributed by atoms with van der Waals surface area (Å²) < 4.78 is 15.8. The Morgan fingerprint density at radius 1 is 1.06 bits per heavy atom. The quantitative estimate of drug-likeness (QED) is 0.329. The molecule has 0 spiro atoms. The first-order valence-corrected chi connectivity index (χ1v) is 11.6. The predicted octanol–water partition coefficient (Wildman–Crippen LogP) is 5.64. The van der Waals surface area contributed by atoms with Crippen LogP contribution in [0.1, 0.15) is 47.0 Å². The number of hydrazone groups is 1. The van der Waals surface area contributed by atoms with E-state index in [2.05, 4.69) is 6.08 Å². The standard InChI is InChI=1S/C27H25N3O6/c1-34-20-10-6-17(7-11-20)16-19-4-3-5-22-25(19)28-29(26(22)18-8-12-21(35-2)13-9-18)27(31)23-14-15-24(36-23)30(32)33/h6-16,22,26H,3-5H2,1-2H3/b19-16+/t22-,26-/m1/s1. The van der Waals surface area contributed by atoms with Crippen LogP contribution in [0, 0.1) is 16.0 Å². The molecular weight excluding hydrogens is 462 g/mol. The number of carbonyl (C=O) groups is 1. The third-order valence-electron chi connectivity index (χ3n) is 6.61. The van der Waals surface area contributed by atoms with Gasteiger partial charge in [-0.1, -0.05) is 24.3 Å².